The summed E-state index contributed by atoms with van der Waals surface area (Å²) in [4.78, 5) is 3.04. The number of fused-ring (bicyclic) bond motifs is 2. The summed E-state index contributed by atoms with van der Waals surface area (Å²) in [5.74, 6) is 2.46. The molecule has 1 unspecified atom stereocenters. The van der Waals surface area contributed by atoms with Gasteiger partial charge in [0.25, 0.3) is 0 Å². The first-order valence-electron chi connectivity index (χ1n) is 10.4. The van der Waals surface area contributed by atoms with E-state index in [4.69, 9.17) is 4.42 Å². The molecule has 0 saturated carbocycles. The summed E-state index contributed by atoms with van der Waals surface area (Å²) in [6, 6.07) is 27.0. The zero-order valence-corrected chi connectivity index (χ0v) is 23.0. The van der Waals surface area contributed by atoms with Gasteiger partial charge in [-0.25, -0.2) is 0 Å². The van der Waals surface area contributed by atoms with E-state index in [9.17, 15) is 0 Å². The number of allylic oxidation sites excluding steroid dienone is 6. The van der Waals surface area contributed by atoms with Crippen molar-refractivity contribution < 1.29 is 55.4 Å². The quantitative estimate of drug-likeness (QED) is 0.352. The normalized spacial score (nSPS) is 15.2. The average molecular weight is 570 g/mol. The number of furan rings is 1. The van der Waals surface area contributed by atoms with Crippen molar-refractivity contribution >= 4 is 22.5 Å². The summed E-state index contributed by atoms with van der Waals surface area (Å²) in [5, 5.41) is 2.50. The molecular weight excluding hydrogens is 547 g/mol. The molecule has 2 aliphatic rings. The van der Waals surface area contributed by atoms with E-state index in [1.165, 1.54) is 27.0 Å². The van der Waals surface area contributed by atoms with E-state index in [0.717, 1.165) is 22.6 Å². The third kappa shape index (κ3) is 6.28. The van der Waals surface area contributed by atoms with Crippen LogP contribution in [0, 0.1) is 5.92 Å². The Morgan fingerprint density at radius 1 is 0.909 bits per heavy atom. The van der Waals surface area contributed by atoms with Gasteiger partial charge in [-0.3, -0.25) is 0 Å². The number of hydrogen-bond acceptors (Lipinski definition) is 2. The molecule has 5 heteroatoms. The first-order chi connectivity index (χ1) is 14.8. The van der Waals surface area contributed by atoms with Gasteiger partial charge in [-0.15, -0.1) is 29.0 Å². The van der Waals surface area contributed by atoms with Crippen molar-refractivity contribution in [3.8, 4) is 22.6 Å². The molecule has 0 bridgehead atoms. The summed E-state index contributed by atoms with van der Waals surface area (Å²) in [6.45, 7) is 2.21. The minimum atomic E-state index is 0. The Bertz CT molecular complexity index is 1230. The Labute approximate surface area is 231 Å². The van der Waals surface area contributed by atoms with E-state index in [1.807, 2.05) is 42.1 Å². The maximum atomic E-state index is 5.99. The molecule has 1 aromatic heterocycles. The second-order valence-corrected chi connectivity index (χ2v) is 8.67. The van der Waals surface area contributed by atoms with E-state index in [0.29, 0.717) is 5.92 Å². The molecule has 1 aliphatic carbocycles. The van der Waals surface area contributed by atoms with Gasteiger partial charge >= 0.3 is 26.2 Å². The Morgan fingerprint density at radius 3 is 2.36 bits per heavy atom. The Hall–Kier alpha value is -1.64. The van der Waals surface area contributed by atoms with Crippen molar-refractivity contribution in [1.82, 2.24) is 0 Å². The molecule has 0 N–H and O–H groups in total. The molecule has 1 aliphatic heterocycles. The van der Waals surface area contributed by atoms with Crippen LogP contribution in [0.15, 0.2) is 117 Å². The molecule has 4 aromatic rings. The van der Waals surface area contributed by atoms with Gasteiger partial charge in [0.2, 0.25) is 0 Å². The second-order valence-electron chi connectivity index (χ2n) is 7.47. The van der Waals surface area contributed by atoms with Crippen LogP contribution in [0.4, 0.5) is 0 Å². The van der Waals surface area contributed by atoms with E-state index in [1.54, 1.807) is 0 Å². The predicted octanol–water partition coefficient (Wildman–Crippen LogP) is 2.59. The SMILES string of the molecule is CCC1=CC2C=CC=C2S1.[Cl-].[Cl-].[Zr+3].c1ccc(-c2ccc(-c3cc4ccccc4[cH-]3)o2)cc1. The van der Waals surface area contributed by atoms with Gasteiger partial charge in [0.15, 0.2) is 0 Å². The first kappa shape index (κ1) is 27.6. The van der Waals surface area contributed by atoms with Crippen LogP contribution in [-0.2, 0) is 26.2 Å². The summed E-state index contributed by atoms with van der Waals surface area (Å²) in [6.07, 6.45) is 10.2. The van der Waals surface area contributed by atoms with Crippen molar-refractivity contribution in [1.29, 1.82) is 0 Å². The fourth-order valence-electron chi connectivity index (χ4n) is 3.83. The molecule has 0 spiro atoms. The topological polar surface area (TPSA) is 13.1 Å². The van der Waals surface area contributed by atoms with Gasteiger partial charge < -0.3 is 29.2 Å². The van der Waals surface area contributed by atoms with Crippen LogP contribution in [0.5, 0.6) is 0 Å². The minimum Gasteiger partial charge on any atom is -1.00 e. The minimum absolute atomic E-state index is 0. The zero-order valence-electron chi connectivity index (χ0n) is 18.2. The van der Waals surface area contributed by atoms with Crippen molar-refractivity contribution in [2.24, 2.45) is 5.92 Å². The van der Waals surface area contributed by atoms with Crippen molar-refractivity contribution in [3.05, 3.63) is 113 Å². The molecule has 165 valence electrons. The number of rotatable bonds is 3. The Kier molecular flexibility index (Phi) is 10.6. The molecule has 0 amide bonds. The third-order valence-corrected chi connectivity index (χ3v) is 6.77. The fourth-order valence-corrected chi connectivity index (χ4v) is 4.93. The third-order valence-electron chi connectivity index (χ3n) is 5.44. The van der Waals surface area contributed by atoms with Crippen LogP contribution in [0.3, 0.4) is 0 Å². The molecule has 0 fully saturated rings. The summed E-state index contributed by atoms with van der Waals surface area (Å²) in [5.41, 5.74) is 2.24. The molecule has 2 heterocycles. The van der Waals surface area contributed by atoms with Crippen molar-refractivity contribution in [2.45, 2.75) is 13.3 Å². The van der Waals surface area contributed by atoms with Gasteiger partial charge in [0.1, 0.15) is 5.76 Å². The maximum absolute atomic E-state index is 5.99. The van der Waals surface area contributed by atoms with Gasteiger partial charge in [-0.05, 0) is 23.5 Å². The predicted molar refractivity (Wildman–Crippen MR) is 129 cm³/mol. The summed E-state index contributed by atoms with van der Waals surface area (Å²) >= 11 is 1.94. The molecule has 1 atom stereocenters. The van der Waals surface area contributed by atoms with Crippen molar-refractivity contribution in [2.75, 3.05) is 0 Å². The molecule has 1 nitrogen and oxygen atoms in total. The van der Waals surface area contributed by atoms with E-state index >= 15 is 0 Å². The molecule has 0 saturated heterocycles. The number of benzene rings is 2. The largest absolute Gasteiger partial charge is 3.00 e. The average Bonchev–Trinajstić information content (AvgIpc) is 3.57. The van der Waals surface area contributed by atoms with Gasteiger partial charge in [0, 0.05) is 16.4 Å². The number of thioether (sulfide) groups is 1. The Morgan fingerprint density at radius 2 is 1.64 bits per heavy atom. The van der Waals surface area contributed by atoms with E-state index in [2.05, 4.69) is 79.8 Å². The van der Waals surface area contributed by atoms with Crippen LogP contribution < -0.4 is 24.8 Å². The molecule has 6 rings (SSSR count). The van der Waals surface area contributed by atoms with Crippen molar-refractivity contribution in [3.63, 3.8) is 0 Å². The summed E-state index contributed by atoms with van der Waals surface area (Å²) < 4.78 is 5.99. The molecule has 1 radical (unpaired) electrons. The van der Waals surface area contributed by atoms with Crippen LogP contribution in [-0.4, -0.2) is 0 Å². The monoisotopic (exact) mass is 567 g/mol. The summed E-state index contributed by atoms with van der Waals surface area (Å²) in [7, 11) is 0. The fraction of sp³-hybridized carbons (Fsp3) is 0.107. The van der Waals surface area contributed by atoms with Crippen LogP contribution in [0.2, 0.25) is 0 Å². The standard InChI is InChI=1S/C19H13O.C9H10S.2ClH.Zr/c1-2-6-14(7-3-1)18-10-11-19(20-18)17-12-15-8-4-5-9-16(15)13-17;1-2-8-6-7-4-3-5-9(7)10-8;;;/h1-13H;3-7H,2H2,1H3;2*1H;/q-1;;;;+3/p-2. The number of hydrogen-bond donors (Lipinski definition) is 0. The van der Waals surface area contributed by atoms with E-state index in [-0.39, 0.29) is 51.0 Å². The molecule has 33 heavy (non-hydrogen) atoms. The van der Waals surface area contributed by atoms with E-state index < -0.39 is 0 Å². The van der Waals surface area contributed by atoms with Crippen LogP contribution in [0.1, 0.15) is 13.3 Å². The second kappa shape index (κ2) is 12.7. The Balaban J connectivity index is 0.000000255. The van der Waals surface area contributed by atoms with Gasteiger partial charge in [-0.1, -0.05) is 97.1 Å². The van der Waals surface area contributed by atoms with Crippen LogP contribution in [0.25, 0.3) is 33.4 Å². The van der Waals surface area contributed by atoms with Crippen LogP contribution >= 0.6 is 11.8 Å². The van der Waals surface area contributed by atoms with Gasteiger partial charge in [0.05, 0.1) is 5.76 Å². The molecular formula is C28H23Cl2OSZr. The maximum Gasteiger partial charge on any atom is 3.00 e. The smallest absolute Gasteiger partial charge is 1.00 e. The number of halogens is 2. The first-order valence-corrected chi connectivity index (χ1v) is 11.2. The zero-order chi connectivity index (χ0) is 20.3. The van der Waals surface area contributed by atoms with Gasteiger partial charge in [-0.2, -0.15) is 0 Å². The molecule has 3 aromatic carbocycles.